The zero-order chi connectivity index (χ0) is 30.1. The van der Waals surface area contributed by atoms with Gasteiger partial charge in [0.15, 0.2) is 0 Å². The molecule has 6 heteroatoms. The van der Waals surface area contributed by atoms with Gasteiger partial charge in [0, 0.05) is 46.7 Å². The number of imidazole rings is 1. The molecule has 0 amide bonds. The average molecular weight is 774 g/mol. The van der Waals surface area contributed by atoms with Crippen molar-refractivity contribution in [3.63, 3.8) is 0 Å². The maximum atomic E-state index is 6.46. The van der Waals surface area contributed by atoms with Crippen LogP contribution in [0.1, 0.15) is 11.1 Å². The molecule has 0 saturated heterocycles. The standard InChI is InChI=1S/C40H26N4O.Pt/c1-25-9-7-10-26(2)38(25)33-13-8-12-32-29-18-16-27(23-34(29)40-42-21-22-43(40)39(32)33)45-28-17-19-31-30-11-3-4-14-35(30)44(36(31)24-28)37-15-5-6-20-41-37;/h3-22H,1-2H3;/q-2;+2. The molecule has 0 aliphatic heterocycles. The summed E-state index contributed by atoms with van der Waals surface area (Å²) in [4.78, 5) is 9.43. The predicted octanol–water partition coefficient (Wildman–Crippen LogP) is 9.81. The number of hydrogen-bond acceptors (Lipinski definition) is 3. The quantitative estimate of drug-likeness (QED) is 0.132. The summed E-state index contributed by atoms with van der Waals surface area (Å²) in [6.45, 7) is 4.35. The summed E-state index contributed by atoms with van der Waals surface area (Å²) >= 11 is 0. The fourth-order valence-corrected chi connectivity index (χ4v) is 6.84. The summed E-state index contributed by atoms with van der Waals surface area (Å²) < 4.78 is 10.8. The molecule has 0 bridgehead atoms. The molecule has 4 aromatic heterocycles. The Labute approximate surface area is 280 Å². The van der Waals surface area contributed by atoms with E-state index in [4.69, 9.17) is 9.72 Å². The van der Waals surface area contributed by atoms with E-state index in [1.165, 1.54) is 22.3 Å². The molecule has 9 rings (SSSR count). The first-order valence-corrected chi connectivity index (χ1v) is 15.0. The monoisotopic (exact) mass is 773 g/mol. The third-order valence-corrected chi connectivity index (χ3v) is 8.76. The van der Waals surface area contributed by atoms with E-state index in [-0.39, 0.29) is 21.1 Å². The number of ether oxygens (including phenoxy) is 1. The number of para-hydroxylation sites is 2. The number of aryl methyl sites for hydroxylation is 2. The first kappa shape index (κ1) is 28.2. The van der Waals surface area contributed by atoms with Crippen molar-refractivity contribution in [2.24, 2.45) is 0 Å². The predicted molar refractivity (Wildman–Crippen MR) is 181 cm³/mol. The first-order chi connectivity index (χ1) is 22.2. The third-order valence-electron chi connectivity index (χ3n) is 8.76. The van der Waals surface area contributed by atoms with Crippen LogP contribution < -0.4 is 4.74 Å². The minimum absolute atomic E-state index is 0. The number of nitrogens with zero attached hydrogens (tertiary/aromatic N) is 4. The van der Waals surface area contributed by atoms with Gasteiger partial charge in [0.2, 0.25) is 0 Å². The van der Waals surface area contributed by atoms with E-state index >= 15 is 0 Å². The number of fused-ring (bicyclic) bond motifs is 9. The van der Waals surface area contributed by atoms with Crippen molar-refractivity contribution in [3.05, 3.63) is 145 Å². The SMILES string of the molecule is Cc1cccc(C)c1-c1cccc2c3ccc(Oc4[c-]c5c(cc4)c4ccccc4n5-c4ccccn4)[c-]c3c3nccn3c12.[Pt+2]. The largest absolute Gasteiger partial charge is 2.00 e. The van der Waals surface area contributed by atoms with Crippen LogP contribution in [0.15, 0.2) is 122 Å². The minimum atomic E-state index is 0. The van der Waals surface area contributed by atoms with Gasteiger partial charge in [-0.2, -0.15) is 6.07 Å². The Morgan fingerprint density at radius 2 is 1.37 bits per heavy atom. The molecular weight excluding hydrogens is 748 g/mol. The molecule has 0 aliphatic rings. The second-order valence-corrected chi connectivity index (χ2v) is 11.4. The number of hydrogen-bond donors (Lipinski definition) is 0. The summed E-state index contributed by atoms with van der Waals surface area (Å²) in [5, 5.41) is 5.38. The van der Waals surface area contributed by atoms with Crippen molar-refractivity contribution in [2.75, 3.05) is 0 Å². The molecular formula is C40H26N4OPt. The van der Waals surface area contributed by atoms with Crippen LogP contribution in [0.4, 0.5) is 0 Å². The normalized spacial score (nSPS) is 11.5. The molecule has 0 spiro atoms. The van der Waals surface area contributed by atoms with Gasteiger partial charge in [-0.15, -0.1) is 29.7 Å². The van der Waals surface area contributed by atoms with Gasteiger partial charge >= 0.3 is 21.1 Å². The van der Waals surface area contributed by atoms with Crippen LogP contribution in [0.3, 0.4) is 0 Å². The average Bonchev–Trinajstić information content (AvgIpc) is 3.69. The Balaban J connectivity index is 0.00000312. The topological polar surface area (TPSA) is 44.3 Å². The molecule has 0 N–H and O–H groups in total. The molecule has 0 radical (unpaired) electrons. The van der Waals surface area contributed by atoms with Crippen molar-refractivity contribution in [3.8, 4) is 28.4 Å². The van der Waals surface area contributed by atoms with Crippen LogP contribution in [0.2, 0.25) is 0 Å². The molecule has 222 valence electrons. The van der Waals surface area contributed by atoms with Gasteiger partial charge in [0.05, 0.1) is 5.65 Å². The summed E-state index contributed by atoms with van der Waals surface area (Å²) in [5.41, 5.74) is 8.92. The minimum Gasteiger partial charge on any atom is -0.503 e. The van der Waals surface area contributed by atoms with Crippen LogP contribution >= 0.6 is 0 Å². The van der Waals surface area contributed by atoms with Crippen LogP contribution in [0.25, 0.3) is 66.1 Å². The van der Waals surface area contributed by atoms with Crippen LogP contribution in [-0.4, -0.2) is 18.9 Å². The van der Waals surface area contributed by atoms with Gasteiger partial charge in [-0.3, -0.25) is 4.98 Å². The maximum absolute atomic E-state index is 6.46. The van der Waals surface area contributed by atoms with E-state index in [9.17, 15) is 0 Å². The van der Waals surface area contributed by atoms with Gasteiger partial charge in [0.25, 0.3) is 0 Å². The second-order valence-electron chi connectivity index (χ2n) is 11.4. The van der Waals surface area contributed by atoms with Crippen LogP contribution in [0.5, 0.6) is 11.5 Å². The van der Waals surface area contributed by atoms with Crippen molar-refractivity contribution in [1.82, 2.24) is 18.9 Å². The zero-order valence-corrected chi connectivity index (χ0v) is 27.3. The van der Waals surface area contributed by atoms with E-state index in [0.29, 0.717) is 11.5 Å². The van der Waals surface area contributed by atoms with Crippen molar-refractivity contribution in [1.29, 1.82) is 0 Å². The molecule has 46 heavy (non-hydrogen) atoms. The molecule has 0 atom stereocenters. The second kappa shape index (κ2) is 11.0. The first-order valence-electron chi connectivity index (χ1n) is 15.0. The molecule has 0 unspecified atom stereocenters. The van der Waals surface area contributed by atoms with E-state index in [1.807, 2.05) is 55.0 Å². The number of benzene rings is 5. The van der Waals surface area contributed by atoms with E-state index < -0.39 is 0 Å². The van der Waals surface area contributed by atoms with E-state index in [0.717, 1.165) is 54.9 Å². The summed E-state index contributed by atoms with van der Waals surface area (Å²) in [6, 6.07) is 42.6. The van der Waals surface area contributed by atoms with Crippen LogP contribution in [0, 0.1) is 26.0 Å². The zero-order valence-electron chi connectivity index (χ0n) is 25.1. The molecule has 5 nitrogen and oxygen atoms in total. The van der Waals surface area contributed by atoms with Crippen molar-refractivity contribution < 1.29 is 25.8 Å². The molecule has 0 aliphatic carbocycles. The van der Waals surface area contributed by atoms with Gasteiger partial charge in [-0.1, -0.05) is 83.0 Å². The number of aromatic nitrogens is 4. The summed E-state index contributed by atoms with van der Waals surface area (Å²) in [6.07, 6.45) is 5.70. The number of rotatable bonds is 4. The molecule has 9 aromatic rings. The summed E-state index contributed by atoms with van der Waals surface area (Å²) in [7, 11) is 0. The Morgan fingerprint density at radius 3 is 2.20 bits per heavy atom. The van der Waals surface area contributed by atoms with Gasteiger partial charge < -0.3 is 13.7 Å². The fraction of sp³-hybridized carbons (Fsp3) is 0.0500. The Hall–Kier alpha value is -5.25. The molecule has 0 saturated carbocycles. The Bertz CT molecular complexity index is 2580. The molecule has 5 aromatic carbocycles. The Morgan fingerprint density at radius 1 is 0.630 bits per heavy atom. The van der Waals surface area contributed by atoms with Crippen LogP contribution in [-0.2, 0) is 21.1 Å². The maximum Gasteiger partial charge on any atom is 2.00 e. The fourth-order valence-electron chi connectivity index (χ4n) is 6.84. The smallest absolute Gasteiger partial charge is 0.503 e. The Kier molecular flexibility index (Phi) is 6.74. The van der Waals surface area contributed by atoms with Gasteiger partial charge in [-0.25, -0.2) is 4.98 Å². The van der Waals surface area contributed by atoms with E-state index in [2.05, 4.69) is 107 Å². The van der Waals surface area contributed by atoms with Crippen molar-refractivity contribution >= 4 is 49.1 Å². The van der Waals surface area contributed by atoms with Gasteiger partial charge in [0.1, 0.15) is 5.82 Å². The van der Waals surface area contributed by atoms with Gasteiger partial charge in [-0.05, 0) is 59.5 Å². The summed E-state index contributed by atoms with van der Waals surface area (Å²) in [5.74, 6) is 2.05. The van der Waals surface area contributed by atoms with Crippen molar-refractivity contribution in [2.45, 2.75) is 13.8 Å². The number of pyridine rings is 2. The molecule has 4 heterocycles. The van der Waals surface area contributed by atoms with E-state index in [1.54, 1.807) is 0 Å². The third kappa shape index (κ3) is 4.27. The molecule has 0 fully saturated rings.